The lowest BCUT2D eigenvalue weighted by atomic mass is 9.95. The van der Waals surface area contributed by atoms with Crippen LogP contribution in [0.15, 0.2) is 48.9 Å². The minimum atomic E-state index is -4.59. The number of nitrogens with zero attached hydrogens (tertiary/aromatic N) is 2. The normalized spacial score (nSPS) is 16.1. The van der Waals surface area contributed by atoms with Gasteiger partial charge in [0.05, 0.1) is 35.0 Å². The Balaban J connectivity index is 1.32. The lowest BCUT2D eigenvalue weighted by molar-refractivity contribution is -0.137. The lowest BCUT2D eigenvalue weighted by Crippen LogP contribution is -2.16. The van der Waals surface area contributed by atoms with Crippen molar-refractivity contribution in [2.24, 2.45) is 0 Å². The van der Waals surface area contributed by atoms with E-state index in [-0.39, 0.29) is 23.5 Å². The van der Waals surface area contributed by atoms with Gasteiger partial charge in [-0.05, 0) is 47.7 Å². The van der Waals surface area contributed by atoms with Crippen molar-refractivity contribution < 1.29 is 27.2 Å². The highest BCUT2D eigenvalue weighted by Crippen LogP contribution is 2.54. The van der Waals surface area contributed by atoms with Crippen LogP contribution in [0.1, 0.15) is 35.2 Å². The molecular weight excluding hydrogens is 438 g/mol. The number of anilines is 1. The SMILES string of the molecule is O=C(Cc1ccc(-c2cnc3c(c2)C2(CC2)C(=O)C3)cc1F)Nc1cncc(C(F)(F)F)c1. The van der Waals surface area contributed by atoms with E-state index in [1.54, 1.807) is 12.3 Å². The van der Waals surface area contributed by atoms with Gasteiger partial charge < -0.3 is 5.32 Å². The molecule has 2 aliphatic carbocycles. The molecule has 1 spiro atoms. The van der Waals surface area contributed by atoms with Gasteiger partial charge >= 0.3 is 6.18 Å². The van der Waals surface area contributed by atoms with Gasteiger partial charge in [0.15, 0.2) is 0 Å². The Morgan fingerprint density at radius 1 is 1.06 bits per heavy atom. The summed E-state index contributed by atoms with van der Waals surface area (Å²) in [4.78, 5) is 32.4. The maximum Gasteiger partial charge on any atom is 0.417 e. The second-order valence-electron chi connectivity index (χ2n) is 8.39. The summed E-state index contributed by atoms with van der Waals surface area (Å²) in [5, 5.41) is 2.31. The number of rotatable bonds is 4. The van der Waals surface area contributed by atoms with Crippen molar-refractivity contribution in [3.63, 3.8) is 0 Å². The summed E-state index contributed by atoms with van der Waals surface area (Å²) < 4.78 is 53.1. The number of ketones is 1. The van der Waals surface area contributed by atoms with Crippen molar-refractivity contribution in [1.82, 2.24) is 9.97 Å². The van der Waals surface area contributed by atoms with Crippen LogP contribution in [-0.4, -0.2) is 21.7 Å². The van der Waals surface area contributed by atoms with Crippen LogP contribution < -0.4 is 5.32 Å². The first-order valence-electron chi connectivity index (χ1n) is 10.3. The summed E-state index contributed by atoms with van der Waals surface area (Å²) in [6.45, 7) is 0. The maximum atomic E-state index is 14.7. The summed E-state index contributed by atoms with van der Waals surface area (Å²) in [7, 11) is 0. The minimum Gasteiger partial charge on any atom is -0.324 e. The standard InChI is InChI=1S/C24H17F4N3O2/c25-19-6-13(15-5-18-20(30-10-15)9-21(32)23(18)3-4-23)1-2-14(19)7-22(33)31-17-8-16(11-29-12-17)24(26,27)28/h1-2,5-6,8,10-12H,3-4,7,9H2,(H,31,33). The van der Waals surface area contributed by atoms with E-state index in [4.69, 9.17) is 0 Å². The van der Waals surface area contributed by atoms with E-state index in [1.165, 1.54) is 12.1 Å². The van der Waals surface area contributed by atoms with Gasteiger partial charge in [-0.2, -0.15) is 13.2 Å². The first-order chi connectivity index (χ1) is 15.7. The fourth-order valence-corrected chi connectivity index (χ4v) is 4.26. The molecule has 1 N–H and O–H groups in total. The van der Waals surface area contributed by atoms with Crippen LogP contribution in [0, 0.1) is 5.82 Å². The van der Waals surface area contributed by atoms with Crippen LogP contribution in [0.3, 0.4) is 0 Å². The molecule has 2 heterocycles. The smallest absolute Gasteiger partial charge is 0.324 e. The Morgan fingerprint density at radius 3 is 2.55 bits per heavy atom. The van der Waals surface area contributed by atoms with Gasteiger partial charge in [0.2, 0.25) is 5.91 Å². The Hall–Kier alpha value is -3.62. The predicted octanol–water partition coefficient (Wildman–Crippen LogP) is 4.64. The topological polar surface area (TPSA) is 72.0 Å². The highest BCUT2D eigenvalue weighted by atomic mass is 19.4. The van der Waals surface area contributed by atoms with Crippen LogP contribution >= 0.6 is 0 Å². The number of carbonyl (C=O) groups is 2. The molecular formula is C24H17F4N3O2. The van der Waals surface area contributed by atoms with Crippen molar-refractivity contribution in [2.45, 2.75) is 37.3 Å². The number of alkyl halides is 3. The van der Waals surface area contributed by atoms with Gasteiger partial charge in [-0.15, -0.1) is 0 Å². The summed E-state index contributed by atoms with van der Waals surface area (Å²) in [5.41, 5.74) is 1.51. The maximum absolute atomic E-state index is 14.7. The quantitative estimate of drug-likeness (QED) is 0.582. The van der Waals surface area contributed by atoms with E-state index in [1.807, 2.05) is 6.07 Å². The Kier molecular flexibility index (Phi) is 4.81. The zero-order valence-corrected chi connectivity index (χ0v) is 17.2. The molecule has 0 saturated heterocycles. The summed E-state index contributed by atoms with van der Waals surface area (Å²) in [6, 6.07) is 7.05. The van der Waals surface area contributed by atoms with Crippen LogP contribution in [0.5, 0.6) is 0 Å². The monoisotopic (exact) mass is 455 g/mol. The zero-order chi connectivity index (χ0) is 23.4. The number of pyridine rings is 2. The average Bonchev–Trinajstić information content (AvgIpc) is 3.52. The molecule has 0 bridgehead atoms. The fourth-order valence-electron chi connectivity index (χ4n) is 4.26. The molecule has 9 heteroatoms. The number of Topliss-reactive ketones (excluding diaryl/α,β-unsaturated/α-hetero) is 1. The van der Waals surface area contributed by atoms with Crippen LogP contribution in [-0.2, 0) is 34.0 Å². The Labute approximate surface area is 185 Å². The third kappa shape index (κ3) is 3.88. The molecule has 168 valence electrons. The molecule has 3 aromatic rings. The van der Waals surface area contributed by atoms with E-state index in [9.17, 15) is 27.2 Å². The molecule has 33 heavy (non-hydrogen) atoms. The van der Waals surface area contributed by atoms with Crippen LogP contribution in [0.4, 0.5) is 23.2 Å². The molecule has 0 atom stereocenters. The van der Waals surface area contributed by atoms with Gasteiger partial charge in [0.1, 0.15) is 11.6 Å². The third-order valence-electron chi connectivity index (χ3n) is 6.18. The van der Waals surface area contributed by atoms with Gasteiger partial charge in [0, 0.05) is 24.4 Å². The highest BCUT2D eigenvalue weighted by molar-refractivity contribution is 5.99. The molecule has 1 amide bonds. The van der Waals surface area contributed by atoms with Crippen LogP contribution in [0.25, 0.3) is 11.1 Å². The minimum absolute atomic E-state index is 0.0964. The van der Waals surface area contributed by atoms with E-state index >= 15 is 0 Å². The molecule has 2 aliphatic rings. The third-order valence-corrected chi connectivity index (χ3v) is 6.18. The molecule has 5 rings (SSSR count). The number of carbonyl (C=O) groups excluding carboxylic acids is 2. The lowest BCUT2D eigenvalue weighted by Gasteiger charge is -2.11. The molecule has 5 nitrogen and oxygen atoms in total. The first-order valence-corrected chi connectivity index (χ1v) is 10.3. The van der Waals surface area contributed by atoms with E-state index in [0.29, 0.717) is 23.7 Å². The van der Waals surface area contributed by atoms with Gasteiger partial charge in [-0.1, -0.05) is 12.1 Å². The Bertz CT molecular complexity index is 1300. The number of hydrogen-bond donors (Lipinski definition) is 1. The van der Waals surface area contributed by atoms with Crippen molar-refractivity contribution in [2.75, 3.05) is 5.32 Å². The molecule has 1 saturated carbocycles. The summed E-state index contributed by atoms with van der Waals surface area (Å²) >= 11 is 0. The second kappa shape index (κ2) is 7.47. The van der Waals surface area contributed by atoms with E-state index in [2.05, 4.69) is 15.3 Å². The molecule has 0 aliphatic heterocycles. The van der Waals surface area contributed by atoms with Gasteiger partial charge in [-0.25, -0.2) is 4.39 Å². The summed E-state index contributed by atoms with van der Waals surface area (Å²) in [5.74, 6) is -1.11. The van der Waals surface area contributed by atoms with Crippen molar-refractivity contribution in [3.8, 4) is 11.1 Å². The predicted molar refractivity (Wildman–Crippen MR) is 111 cm³/mol. The largest absolute Gasteiger partial charge is 0.417 e. The van der Waals surface area contributed by atoms with Crippen molar-refractivity contribution >= 4 is 17.4 Å². The first kappa shape index (κ1) is 21.2. The van der Waals surface area contributed by atoms with Crippen LogP contribution in [0.2, 0.25) is 0 Å². The Morgan fingerprint density at radius 2 is 1.85 bits per heavy atom. The fraction of sp³-hybridized carbons (Fsp3) is 0.250. The summed E-state index contributed by atoms with van der Waals surface area (Å²) in [6.07, 6.45) is 0.362. The number of aromatic nitrogens is 2. The number of halogens is 4. The van der Waals surface area contributed by atoms with Gasteiger partial charge in [-0.3, -0.25) is 19.6 Å². The molecule has 1 fully saturated rings. The second-order valence-corrected chi connectivity index (χ2v) is 8.39. The highest BCUT2D eigenvalue weighted by Gasteiger charge is 2.56. The zero-order valence-electron chi connectivity index (χ0n) is 17.2. The van der Waals surface area contributed by atoms with Gasteiger partial charge in [0.25, 0.3) is 0 Å². The van der Waals surface area contributed by atoms with Crippen molar-refractivity contribution in [1.29, 1.82) is 0 Å². The van der Waals surface area contributed by atoms with Crippen molar-refractivity contribution in [3.05, 3.63) is 77.1 Å². The van der Waals surface area contributed by atoms with E-state index < -0.39 is 28.9 Å². The number of fused-ring (bicyclic) bond motifs is 2. The molecule has 1 aromatic carbocycles. The number of amides is 1. The number of benzene rings is 1. The molecule has 0 unspecified atom stereocenters. The number of nitrogens with one attached hydrogen (secondary N) is 1. The molecule has 0 radical (unpaired) electrons. The van der Waals surface area contributed by atoms with E-state index in [0.717, 1.165) is 36.4 Å². The molecule has 2 aromatic heterocycles. The average molecular weight is 455 g/mol. The number of hydrogen-bond acceptors (Lipinski definition) is 4.